The molecular formula is C23H32ClN7O3. The number of rotatable bonds is 9. The van der Waals surface area contributed by atoms with Crippen molar-refractivity contribution in [3.05, 3.63) is 40.7 Å². The number of amides is 2. The number of benzene rings is 1. The highest BCUT2D eigenvalue weighted by molar-refractivity contribution is 6.31. The molecule has 1 fully saturated rings. The number of ether oxygens (including phenoxy) is 1. The van der Waals surface area contributed by atoms with Crippen LogP contribution in [0.5, 0.6) is 5.75 Å². The maximum atomic E-state index is 12.6. The summed E-state index contributed by atoms with van der Waals surface area (Å²) in [6.07, 6.45) is 3.80. The number of carbonyl (C=O) groups excluding carboxylic acids is 2. The Morgan fingerprint density at radius 2 is 1.94 bits per heavy atom. The smallest absolute Gasteiger partial charge is 0.274 e. The van der Waals surface area contributed by atoms with Gasteiger partial charge < -0.3 is 31.3 Å². The van der Waals surface area contributed by atoms with Crippen molar-refractivity contribution in [2.75, 3.05) is 51.8 Å². The van der Waals surface area contributed by atoms with Crippen molar-refractivity contribution >= 4 is 35.1 Å². The van der Waals surface area contributed by atoms with Gasteiger partial charge in [-0.05, 0) is 56.5 Å². The van der Waals surface area contributed by atoms with Gasteiger partial charge in [-0.1, -0.05) is 23.7 Å². The molecule has 2 heterocycles. The van der Waals surface area contributed by atoms with Crippen LogP contribution < -0.4 is 21.5 Å². The molecule has 10 nitrogen and oxygen atoms in total. The number of likely N-dealkylation sites (tertiary alicyclic amines) is 1. The Balaban J connectivity index is 1.42. The third-order valence-corrected chi connectivity index (χ3v) is 5.96. The van der Waals surface area contributed by atoms with Crippen molar-refractivity contribution in [2.45, 2.75) is 31.7 Å². The lowest BCUT2D eigenvalue weighted by molar-refractivity contribution is -0.130. The van der Waals surface area contributed by atoms with Crippen LogP contribution in [0, 0.1) is 0 Å². The first-order chi connectivity index (χ1) is 16.2. The van der Waals surface area contributed by atoms with Gasteiger partial charge in [0.15, 0.2) is 29.1 Å². The SMILES string of the molecule is CN(C)C(=O)COc1ccc(CCCN2CCCC(NC(=O)c3nc(Cl)c(N)nc3N)C2)cc1. The molecule has 184 valence electrons. The fourth-order valence-corrected chi connectivity index (χ4v) is 3.90. The normalized spacial score (nSPS) is 16.1. The average molecular weight is 490 g/mol. The molecule has 1 saturated heterocycles. The van der Waals surface area contributed by atoms with E-state index in [1.807, 2.05) is 24.3 Å². The Bertz CT molecular complexity index is 1000. The number of hydrogen-bond donors (Lipinski definition) is 3. The number of piperidine rings is 1. The molecule has 0 spiro atoms. The predicted molar refractivity (Wildman–Crippen MR) is 132 cm³/mol. The van der Waals surface area contributed by atoms with Crippen LogP contribution >= 0.6 is 11.6 Å². The minimum Gasteiger partial charge on any atom is -0.484 e. The van der Waals surface area contributed by atoms with Gasteiger partial charge in [-0.3, -0.25) is 9.59 Å². The predicted octanol–water partition coefficient (Wildman–Crippen LogP) is 1.59. The van der Waals surface area contributed by atoms with E-state index in [9.17, 15) is 9.59 Å². The van der Waals surface area contributed by atoms with Crippen LogP contribution in [-0.4, -0.2) is 78.0 Å². The molecule has 0 bridgehead atoms. The lowest BCUT2D eigenvalue weighted by atomic mass is 10.0. The number of nitrogens with one attached hydrogen (secondary N) is 1. The Morgan fingerprint density at radius 1 is 1.21 bits per heavy atom. The summed E-state index contributed by atoms with van der Waals surface area (Å²) in [6.45, 7) is 2.71. The Labute approximate surface area is 204 Å². The van der Waals surface area contributed by atoms with Gasteiger partial charge in [0.05, 0.1) is 0 Å². The highest BCUT2D eigenvalue weighted by Crippen LogP contribution is 2.19. The van der Waals surface area contributed by atoms with Crippen LogP contribution in [0.2, 0.25) is 5.15 Å². The number of aromatic nitrogens is 2. The van der Waals surface area contributed by atoms with Crippen molar-refractivity contribution < 1.29 is 14.3 Å². The second-order valence-corrected chi connectivity index (χ2v) is 8.93. The maximum Gasteiger partial charge on any atom is 0.274 e. The molecule has 1 unspecified atom stereocenters. The molecule has 0 aliphatic carbocycles. The highest BCUT2D eigenvalue weighted by atomic mass is 35.5. The second kappa shape index (κ2) is 11.8. The zero-order valence-electron chi connectivity index (χ0n) is 19.6. The van der Waals surface area contributed by atoms with Crippen LogP contribution in [0.3, 0.4) is 0 Å². The van der Waals surface area contributed by atoms with Crippen molar-refractivity contribution in [1.82, 2.24) is 25.1 Å². The number of carbonyl (C=O) groups is 2. The number of nitrogens with zero attached hydrogens (tertiary/aromatic N) is 4. The molecular weight excluding hydrogens is 458 g/mol. The third-order valence-electron chi connectivity index (χ3n) is 5.68. The van der Waals surface area contributed by atoms with Crippen molar-refractivity contribution in [1.29, 1.82) is 0 Å². The van der Waals surface area contributed by atoms with E-state index in [0.717, 1.165) is 45.3 Å². The number of hydrogen-bond acceptors (Lipinski definition) is 8. The summed E-state index contributed by atoms with van der Waals surface area (Å²) in [6, 6.07) is 7.83. The topological polar surface area (TPSA) is 140 Å². The molecule has 1 atom stereocenters. The Morgan fingerprint density at radius 3 is 2.65 bits per heavy atom. The molecule has 1 aromatic heterocycles. The molecule has 11 heteroatoms. The molecule has 1 aromatic carbocycles. The number of anilines is 2. The van der Waals surface area contributed by atoms with Gasteiger partial charge in [-0.15, -0.1) is 0 Å². The van der Waals surface area contributed by atoms with E-state index in [1.54, 1.807) is 14.1 Å². The van der Waals surface area contributed by atoms with Gasteiger partial charge in [0.1, 0.15) is 5.75 Å². The van der Waals surface area contributed by atoms with Gasteiger partial charge >= 0.3 is 0 Å². The minimum absolute atomic E-state index is 0.0000804. The fourth-order valence-electron chi connectivity index (χ4n) is 3.77. The molecule has 0 radical (unpaired) electrons. The highest BCUT2D eigenvalue weighted by Gasteiger charge is 2.24. The zero-order chi connectivity index (χ0) is 24.7. The van der Waals surface area contributed by atoms with Crippen LogP contribution in [0.4, 0.5) is 11.6 Å². The molecule has 0 saturated carbocycles. The van der Waals surface area contributed by atoms with Gasteiger partial charge in [0.25, 0.3) is 11.8 Å². The van der Waals surface area contributed by atoms with Crippen LogP contribution in [0.1, 0.15) is 35.3 Å². The van der Waals surface area contributed by atoms with Crippen LogP contribution in [0.25, 0.3) is 0 Å². The average Bonchev–Trinajstić information content (AvgIpc) is 2.80. The largest absolute Gasteiger partial charge is 0.484 e. The van der Waals surface area contributed by atoms with E-state index in [2.05, 4.69) is 20.2 Å². The monoisotopic (exact) mass is 489 g/mol. The molecule has 1 aliphatic heterocycles. The first kappa shape index (κ1) is 25.5. The quantitative estimate of drug-likeness (QED) is 0.482. The van der Waals surface area contributed by atoms with Crippen molar-refractivity contribution in [3.63, 3.8) is 0 Å². The molecule has 2 amide bonds. The van der Waals surface area contributed by atoms with E-state index >= 15 is 0 Å². The van der Waals surface area contributed by atoms with Crippen molar-refractivity contribution in [2.24, 2.45) is 0 Å². The van der Waals surface area contributed by atoms with Gasteiger partial charge in [0.2, 0.25) is 0 Å². The van der Waals surface area contributed by atoms with Crippen LogP contribution in [0.15, 0.2) is 24.3 Å². The number of halogens is 1. The second-order valence-electron chi connectivity index (χ2n) is 8.57. The molecule has 3 rings (SSSR count). The minimum atomic E-state index is -0.395. The van der Waals surface area contributed by atoms with E-state index < -0.39 is 5.91 Å². The van der Waals surface area contributed by atoms with Crippen LogP contribution in [-0.2, 0) is 11.2 Å². The van der Waals surface area contributed by atoms with Gasteiger partial charge in [-0.25, -0.2) is 9.97 Å². The lowest BCUT2D eigenvalue weighted by Gasteiger charge is -2.33. The summed E-state index contributed by atoms with van der Waals surface area (Å²) in [7, 11) is 3.40. The van der Waals surface area contributed by atoms with E-state index in [4.69, 9.17) is 27.8 Å². The lowest BCUT2D eigenvalue weighted by Crippen LogP contribution is -2.48. The summed E-state index contributed by atoms with van der Waals surface area (Å²) in [4.78, 5) is 35.9. The summed E-state index contributed by atoms with van der Waals surface area (Å²) in [5.74, 6) is 0.178. The summed E-state index contributed by atoms with van der Waals surface area (Å²) in [5, 5.41) is 2.95. The number of nitrogens with two attached hydrogens (primary N) is 2. The van der Waals surface area contributed by atoms with Gasteiger partial charge in [0, 0.05) is 26.7 Å². The van der Waals surface area contributed by atoms with Crippen molar-refractivity contribution in [3.8, 4) is 5.75 Å². The standard InChI is InChI=1S/C23H32ClN7O3/c1-30(2)18(32)14-34-17-9-7-15(8-10-17)5-3-11-31-12-4-6-16(13-31)27-23(33)19-21(25)29-22(26)20(24)28-19/h7-10,16H,3-6,11-14H2,1-2H3,(H,27,33)(H4,25,26,29). The van der Waals surface area contributed by atoms with E-state index in [0.29, 0.717) is 5.75 Å². The van der Waals surface area contributed by atoms with Gasteiger partial charge in [-0.2, -0.15) is 0 Å². The summed E-state index contributed by atoms with van der Waals surface area (Å²) >= 11 is 5.89. The fraction of sp³-hybridized carbons (Fsp3) is 0.478. The molecule has 2 aromatic rings. The van der Waals surface area contributed by atoms with E-state index in [1.165, 1.54) is 10.5 Å². The summed E-state index contributed by atoms with van der Waals surface area (Å²) < 4.78 is 5.52. The molecule has 5 N–H and O–H groups in total. The van der Waals surface area contributed by atoms with E-state index in [-0.39, 0.29) is 41.0 Å². The Kier molecular flexibility index (Phi) is 8.89. The Hall–Kier alpha value is -3.11. The summed E-state index contributed by atoms with van der Waals surface area (Å²) in [5.41, 5.74) is 12.6. The zero-order valence-corrected chi connectivity index (χ0v) is 20.3. The first-order valence-corrected chi connectivity index (χ1v) is 11.6. The maximum absolute atomic E-state index is 12.6. The number of likely N-dealkylation sites (N-methyl/N-ethyl adjacent to an activating group) is 1. The number of nitrogen functional groups attached to an aromatic ring is 2. The first-order valence-electron chi connectivity index (χ1n) is 11.3. The third kappa shape index (κ3) is 7.19. The molecule has 1 aliphatic rings. The molecule has 34 heavy (non-hydrogen) atoms. The number of aryl methyl sites for hydroxylation is 1.